The van der Waals surface area contributed by atoms with Crippen molar-refractivity contribution in [1.82, 2.24) is 19.1 Å². The molecule has 0 spiro atoms. The molecular formula is C11H15N5O4. The van der Waals surface area contributed by atoms with Crippen LogP contribution in [0.1, 0.15) is 12.6 Å². The van der Waals surface area contributed by atoms with Crippen LogP contribution in [0.15, 0.2) is 11.1 Å². The molecule has 1 aliphatic rings. The summed E-state index contributed by atoms with van der Waals surface area (Å²) in [4.78, 5) is 20.1. The standard InChI is InChI=1S/C11H15N5O4/c1-15-9(19)7-8(14-11(15)12)16(4-13-7)10-6(18)2-5(3-17)20-10/h4-6,10,17-18H,2-3H2,1H3,(H2,12,14)/t5-,6+,10+/m0/s1. The molecule has 20 heavy (non-hydrogen) atoms. The maximum atomic E-state index is 12.0. The molecule has 3 rings (SSSR count). The van der Waals surface area contributed by atoms with Crippen molar-refractivity contribution in [3.05, 3.63) is 16.7 Å². The molecule has 1 aliphatic heterocycles. The first kappa shape index (κ1) is 13.0. The predicted octanol–water partition coefficient (Wildman–Crippen LogP) is -1.65. The Bertz CT molecular complexity index is 709. The largest absolute Gasteiger partial charge is 0.394 e. The Kier molecular flexibility index (Phi) is 2.96. The molecule has 9 heteroatoms. The van der Waals surface area contributed by atoms with E-state index in [1.165, 1.54) is 22.5 Å². The van der Waals surface area contributed by atoms with Crippen LogP contribution in [-0.2, 0) is 11.8 Å². The van der Waals surface area contributed by atoms with Gasteiger partial charge in [0, 0.05) is 13.5 Å². The van der Waals surface area contributed by atoms with Crippen LogP contribution >= 0.6 is 0 Å². The van der Waals surface area contributed by atoms with Crippen molar-refractivity contribution in [3.63, 3.8) is 0 Å². The lowest BCUT2D eigenvalue weighted by molar-refractivity contribution is -0.0486. The average Bonchev–Trinajstić information content (AvgIpc) is 2.99. The molecule has 1 fully saturated rings. The molecule has 0 aromatic carbocycles. The molecule has 4 N–H and O–H groups in total. The van der Waals surface area contributed by atoms with Crippen LogP contribution in [0.3, 0.4) is 0 Å². The summed E-state index contributed by atoms with van der Waals surface area (Å²) in [5, 5.41) is 19.1. The molecule has 108 valence electrons. The highest BCUT2D eigenvalue weighted by atomic mass is 16.5. The first-order valence-corrected chi connectivity index (χ1v) is 6.16. The van der Waals surface area contributed by atoms with Crippen molar-refractivity contribution in [2.75, 3.05) is 12.3 Å². The fraction of sp³-hybridized carbons (Fsp3) is 0.545. The van der Waals surface area contributed by atoms with Gasteiger partial charge in [-0.15, -0.1) is 0 Å². The van der Waals surface area contributed by atoms with E-state index in [-0.39, 0.29) is 29.3 Å². The summed E-state index contributed by atoms with van der Waals surface area (Å²) >= 11 is 0. The van der Waals surface area contributed by atoms with Crippen molar-refractivity contribution in [2.45, 2.75) is 24.9 Å². The molecule has 9 nitrogen and oxygen atoms in total. The quantitative estimate of drug-likeness (QED) is 0.601. The summed E-state index contributed by atoms with van der Waals surface area (Å²) in [5.41, 5.74) is 5.72. The highest BCUT2D eigenvalue weighted by molar-refractivity contribution is 5.70. The van der Waals surface area contributed by atoms with Gasteiger partial charge in [-0.1, -0.05) is 0 Å². The molecule has 0 unspecified atom stereocenters. The summed E-state index contributed by atoms with van der Waals surface area (Å²) < 4.78 is 8.18. The maximum absolute atomic E-state index is 12.0. The van der Waals surface area contributed by atoms with Crippen molar-refractivity contribution in [3.8, 4) is 0 Å². The summed E-state index contributed by atoms with van der Waals surface area (Å²) in [6, 6.07) is 0. The van der Waals surface area contributed by atoms with E-state index in [1.807, 2.05) is 0 Å². The van der Waals surface area contributed by atoms with Crippen LogP contribution < -0.4 is 11.3 Å². The number of fused-ring (bicyclic) bond motifs is 1. The van der Waals surface area contributed by atoms with Gasteiger partial charge in [0.25, 0.3) is 5.56 Å². The number of ether oxygens (including phenoxy) is 1. The molecule has 1 saturated heterocycles. The second-order valence-electron chi connectivity index (χ2n) is 4.79. The van der Waals surface area contributed by atoms with Crippen molar-refractivity contribution >= 4 is 17.1 Å². The first-order chi connectivity index (χ1) is 9.52. The number of hydrogen-bond acceptors (Lipinski definition) is 7. The van der Waals surface area contributed by atoms with Crippen molar-refractivity contribution < 1.29 is 14.9 Å². The number of aliphatic hydroxyl groups excluding tert-OH is 2. The number of aromatic nitrogens is 4. The van der Waals surface area contributed by atoms with Crippen LogP contribution in [0.2, 0.25) is 0 Å². The maximum Gasteiger partial charge on any atom is 0.282 e. The Morgan fingerprint density at radius 1 is 1.60 bits per heavy atom. The van der Waals surface area contributed by atoms with E-state index < -0.39 is 18.4 Å². The number of imidazole rings is 1. The Balaban J connectivity index is 2.12. The first-order valence-electron chi connectivity index (χ1n) is 6.16. The SMILES string of the molecule is Cn1c(N)nc2c(ncn2[C@@H]2O[C@H](CO)C[C@H]2O)c1=O. The minimum Gasteiger partial charge on any atom is -0.394 e. The van der Waals surface area contributed by atoms with Gasteiger partial charge in [-0.2, -0.15) is 4.98 Å². The third-order valence-electron chi connectivity index (χ3n) is 3.48. The van der Waals surface area contributed by atoms with E-state index >= 15 is 0 Å². The summed E-state index contributed by atoms with van der Waals surface area (Å²) in [6.45, 7) is -0.183. The molecule has 0 saturated carbocycles. The van der Waals surface area contributed by atoms with Gasteiger partial charge in [-0.05, 0) is 0 Å². The third kappa shape index (κ3) is 1.79. The van der Waals surface area contributed by atoms with E-state index in [4.69, 9.17) is 15.6 Å². The van der Waals surface area contributed by atoms with Gasteiger partial charge in [0.2, 0.25) is 5.95 Å². The molecule has 0 amide bonds. The molecule has 0 bridgehead atoms. The normalized spacial score (nSPS) is 26.4. The van der Waals surface area contributed by atoms with E-state index in [9.17, 15) is 9.90 Å². The Morgan fingerprint density at radius 3 is 3.00 bits per heavy atom. The van der Waals surface area contributed by atoms with Gasteiger partial charge in [0.1, 0.15) is 6.10 Å². The number of hydrogen-bond donors (Lipinski definition) is 3. The molecule has 3 atom stereocenters. The van der Waals surface area contributed by atoms with Crippen molar-refractivity contribution in [2.24, 2.45) is 7.05 Å². The lowest BCUT2D eigenvalue weighted by Gasteiger charge is -2.16. The molecule has 2 aromatic rings. The monoisotopic (exact) mass is 281 g/mol. The van der Waals surface area contributed by atoms with Gasteiger partial charge in [0.05, 0.1) is 19.0 Å². The second-order valence-corrected chi connectivity index (χ2v) is 4.79. The summed E-state index contributed by atoms with van der Waals surface area (Å²) in [5.74, 6) is 0.0513. The molecular weight excluding hydrogens is 266 g/mol. The Hall–Kier alpha value is -1.97. The van der Waals surface area contributed by atoms with E-state index in [2.05, 4.69) is 9.97 Å². The second kappa shape index (κ2) is 4.54. The zero-order valence-electron chi connectivity index (χ0n) is 10.8. The lowest BCUT2D eigenvalue weighted by Crippen LogP contribution is -2.24. The van der Waals surface area contributed by atoms with Gasteiger partial charge >= 0.3 is 0 Å². The lowest BCUT2D eigenvalue weighted by atomic mass is 10.2. The number of nitrogen functional groups attached to an aromatic ring is 1. The zero-order valence-corrected chi connectivity index (χ0v) is 10.8. The highest BCUT2D eigenvalue weighted by Crippen LogP contribution is 2.30. The van der Waals surface area contributed by atoms with E-state index in [1.54, 1.807) is 0 Å². The fourth-order valence-electron chi connectivity index (χ4n) is 2.35. The van der Waals surface area contributed by atoms with E-state index in [0.717, 1.165) is 0 Å². The number of nitrogens with two attached hydrogens (primary N) is 1. The van der Waals surface area contributed by atoms with Crippen LogP contribution in [0.4, 0.5) is 5.95 Å². The summed E-state index contributed by atoms with van der Waals surface area (Å²) in [7, 11) is 1.51. The Morgan fingerprint density at radius 2 is 2.35 bits per heavy atom. The summed E-state index contributed by atoms with van der Waals surface area (Å²) in [6.07, 6.45) is -0.308. The predicted molar refractivity (Wildman–Crippen MR) is 68.8 cm³/mol. The molecule has 0 aliphatic carbocycles. The van der Waals surface area contributed by atoms with Gasteiger partial charge in [0.15, 0.2) is 17.4 Å². The van der Waals surface area contributed by atoms with Crippen LogP contribution in [0.25, 0.3) is 11.2 Å². The van der Waals surface area contributed by atoms with E-state index in [0.29, 0.717) is 6.42 Å². The van der Waals surface area contributed by atoms with Gasteiger partial charge in [-0.25, -0.2) is 4.98 Å². The van der Waals surface area contributed by atoms with Crippen molar-refractivity contribution in [1.29, 1.82) is 0 Å². The van der Waals surface area contributed by atoms with Crippen LogP contribution in [0, 0.1) is 0 Å². The van der Waals surface area contributed by atoms with Gasteiger partial charge < -0.3 is 20.7 Å². The fourth-order valence-corrected chi connectivity index (χ4v) is 2.35. The molecule has 3 heterocycles. The topological polar surface area (TPSA) is 128 Å². The Labute approximate surface area is 113 Å². The number of rotatable bonds is 2. The number of aliphatic hydroxyl groups is 2. The minimum atomic E-state index is -0.809. The minimum absolute atomic E-state index is 0.0513. The average molecular weight is 281 g/mol. The highest BCUT2D eigenvalue weighted by Gasteiger charge is 2.36. The molecule has 0 radical (unpaired) electrons. The van der Waals surface area contributed by atoms with Gasteiger partial charge in [-0.3, -0.25) is 13.9 Å². The number of nitrogens with zero attached hydrogens (tertiary/aromatic N) is 4. The smallest absolute Gasteiger partial charge is 0.282 e. The molecule has 2 aromatic heterocycles. The van der Waals surface area contributed by atoms with Crippen LogP contribution in [-0.4, -0.2) is 48.1 Å². The zero-order chi connectivity index (χ0) is 14.4. The third-order valence-corrected chi connectivity index (χ3v) is 3.48. The van der Waals surface area contributed by atoms with Crippen LogP contribution in [0.5, 0.6) is 0 Å². The number of anilines is 1.